The Balaban J connectivity index is 1.39. The lowest BCUT2D eigenvalue weighted by atomic mass is 10.2. The number of hydrogen-bond donors (Lipinski definition) is 1. The quantitative estimate of drug-likeness (QED) is 0.762. The first-order valence-electron chi connectivity index (χ1n) is 8.67. The van der Waals surface area contributed by atoms with Gasteiger partial charge in [0.2, 0.25) is 5.91 Å². The minimum Gasteiger partial charge on any atom is -0.376 e. The molecule has 8 heteroatoms. The molecule has 1 aliphatic heterocycles. The Morgan fingerprint density at radius 3 is 2.84 bits per heavy atom. The normalized spacial score (nSPS) is 19.9. The second kappa shape index (κ2) is 7.53. The van der Waals surface area contributed by atoms with Crippen molar-refractivity contribution in [3.63, 3.8) is 0 Å². The number of nitrogens with zero attached hydrogens (tertiary/aromatic N) is 4. The third-order valence-corrected chi connectivity index (χ3v) is 5.34. The predicted molar refractivity (Wildman–Crippen MR) is 94.2 cm³/mol. The van der Waals surface area contributed by atoms with E-state index in [1.165, 1.54) is 11.8 Å². The number of carbonyl (C=O) groups is 1. The molecule has 1 N–H and O–H groups in total. The first-order valence-corrected chi connectivity index (χ1v) is 9.66. The van der Waals surface area contributed by atoms with Gasteiger partial charge in [-0.2, -0.15) is 0 Å². The van der Waals surface area contributed by atoms with Gasteiger partial charge in [-0.05, 0) is 37.8 Å². The van der Waals surface area contributed by atoms with Crippen molar-refractivity contribution in [1.29, 1.82) is 0 Å². The molecular formula is C17H21N5O2S. The number of hydrogen-bond acceptors (Lipinski definition) is 6. The van der Waals surface area contributed by atoms with E-state index in [1.54, 1.807) is 12.4 Å². The summed E-state index contributed by atoms with van der Waals surface area (Å²) < 4.78 is 7.68. The Kier molecular flexibility index (Phi) is 4.98. The van der Waals surface area contributed by atoms with Crippen molar-refractivity contribution in [2.24, 2.45) is 0 Å². The average molecular weight is 359 g/mol. The second-order valence-corrected chi connectivity index (χ2v) is 7.31. The molecule has 1 atom stereocenters. The number of rotatable bonds is 7. The third-order valence-electron chi connectivity index (χ3n) is 4.40. The van der Waals surface area contributed by atoms with Gasteiger partial charge in [-0.1, -0.05) is 11.8 Å². The summed E-state index contributed by atoms with van der Waals surface area (Å²) in [4.78, 5) is 16.1. The second-order valence-electron chi connectivity index (χ2n) is 6.37. The van der Waals surface area contributed by atoms with Crippen molar-refractivity contribution in [2.45, 2.75) is 43.0 Å². The standard InChI is InChI=1S/C17H21N5O2S/c23-15(19-10-14-2-1-9-24-14)11-25-17-21-20-16(22(17)13-3-4-13)12-5-7-18-8-6-12/h5-8,13-14H,1-4,9-11H2,(H,19,23)/t14-/m0/s1. The van der Waals surface area contributed by atoms with Crippen molar-refractivity contribution in [3.05, 3.63) is 24.5 Å². The molecule has 0 aromatic carbocycles. The number of thioether (sulfide) groups is 1. The van der Waals surface area contributed by atoms with Crippen LogP contribution in [0.25, 0.3) is 11.4 Å². The van der Waals surface area contributed by atoms with E-state index in [9.17, 15) is 4.79 Å². The van der Waals surface area contributed by atoms with E-state index >= 15 is 0 Å². The third kappa shape index (κ3) is 4.01. The molecule has 132 valence electrons. The van der Waals surface area contributed by atoms with Crippen LogP contribution in [0.15, 0.2) is 29.7 Å². The van der Waals surface area contributed by atoms with E-state index in [0.29, 0.717) is 18.3 Å². The molecule has 0 bridgehead atoms. The first-order chi connectivity index (χ1) is 12.3. The molecule has 1 aliphatic carbocycles. The van der Waals surface area contributed by atoms with Gasteiger partial charge in [0.05, 0.1) is 11.9 Å². The fourth-order valence-corrected chi connectivity index (χ4v) is 3.78. The van der Waals surface area contributed by atoms with Gasteiger partial charge in [-0.15, -0.1) is 10.2 Å². The molecule has 0 radical (unpaired) electrons. The van der Waals surface area contributed by atoms with Gasteiger partial charge >= 0.3 is 0 Å². The SMILES string of the molecule is O=C(CSc1nnc(-c2ccncc2)n1C1CC1)NC[C@@H]1CCCO1. The summed E-state index contributed by atoms with van der Waals surface area (Å²) >= 11 is 1.44. The zero-order chi connectivity index (χ0) is 17.1. The molecule has 1 saturated heterocycles. The van der Waals surface area contributed by atoms with Crippen LogP contribution in [0.3, 0.4) is 0 Å². The van der Waals surface area contributed by atoms with Crippen LogP contribution < -0.4 is 5.32 Å². The number of aromatic nitrogens is 4. The van der Waals surface area contributed by atoms with Crippen molar-refractivity contribution in [3.8, 4) is 11.4 Å². The van der Waals surface area contributed by atoms with Gasteiger partial charge in [-0.25, -0.2) is 0 Å². The van der Waals surface area contributed by atoms with Crippen molar-refractivity contribution >= 4 is 17.7 Å². The summed E-state index contributed by atoms with van der Waals surface area (Å²) in [6, 6.07) is 4.31. The summed E-state index contributed by atoms with van der Waals surface area (Å²) in [5.74, 6) is 1.21. The van der Waals surface area contributed by atoms with Crippen molar-refractivity contribution < 1.29 is 9.53 Å². The Bertz CT molecular complexity index is 726. The molecule has 2 aliphatic rings. The zero-order valence-corrected chi connectivity index (χ0v) is 14.7. The molecule has 2 aromatic rings. The van der Waals surface area contributed by atoms with Crippen LogP contribution in [0, 0.1) is 0 Å². The number of carbonyl (C=O) groups excluding carboxylic acids is 1. The van der Waals surface area contributed by atoms with E-state index in [-0.39, 0.29) is 12.0 Å². The van der Waals surface area contributed by atoms with Crippen molar-refractivity contribution in [1.82, 2.24) is 25.1 Å². The molecule has 0 unspecified atom stereocenters. The molecule has 7 nitrogen and oxygen atoms in total. The summed E-state index contributed by atoms with van der Waals surface area (Å²) in [5.41, 5.74) is 1.00. The van der Waals surface area contributed by atoms with Crippen LogP contribution in [0.2, 0.25) is 0 Å². The molecule has 4 rings (SSSR count). The molecule has 1 amide bonds. The van der Waals surface area contributed by atoms with Crippen LogP contribution in [0.1, 0.15) is 31.7 Å². The smallest absolute Gasteiger partial charge is 0.230 e. The Labute approximate surface area is 150 Å². The highest BCUT2D eigenvalue weighted by Gasteiger charge is 2.30. The maximum absolute atomic E-state index is 12.1. The monoisotopic (exact) mass is 359 g/mol. The van der Waals surface area contributed by atoms with E-state index in [0.717, 1.165) is 48.8 Å². The van der Waals surface area contributed by atoms with Crippen LogP contribution in [0.5, 0.6) is 0 Å². The van der Waals surface area contributed by atoms with Gasteiger partial charge in [0, 0.05) is 37.2 Å². The summed E-state index contributed by atoms with van der Waals surface area (Å²) in [5, 5.41) is 12.4. The van der Waals surface area contributed by atoms with E-state index in [2.05, 4.69) is 25.1 Å². The summed E-state index contributed by atoms with van der Waals surface area (Å²) in [7, 11) is 0. The molecule has 1 saturated carbocycles. The lowest BCUT2D eigenvalue weighted by Gasteiger charge is -2.11. The highest BCUT2D eigenvalue weighted by molar-refractivity contribution is 7.99. The number of nitrogens with one attached hydrogen (secondary N) is 1. The van der Waals surface area contributed by atoms with Crippen LogP contribution in [-0.4, -0.2) is 50.7 Å². The van der Waals surface area contributed by atoms with Gasteiger partial charge in [0.25, 0.3) is 0 Å². The number of amides is 1. The Morgan fingerprint density at radius 2 is 2.12 bits per heavy atom. The van der Waals surface area contributed by atoms with Crippen LogP contribution in [-0.2, 0) is 9.53 Å². The first kappa shape index (κ1) is 16.5. The van der Waals surface area contributed by atoms with Gasteiger partial charge in [0.1, 0.15) is 0 Å². The fourth-order valence-electron chi connectivity index (χ4n) is 2.95. The van der Waals surface area contributed by atoms with E-state index in [1.807, 2.05) is 12.1 Å². The summed E-state index contributed by atoms with van der Waals surface area (Å²) in [6.45, 7) is 1.40. The number of ether oxygens (including phenoxy) is 1. The topological polar surface area (TPSA) is 81.9 Å². The predicted octanol–water partition coefficient (Wildman–Crippen LogP) is 2.06. The molecule has 2 fully saturated rings. The minimum absolute atomic E-state index is 0.0105. The lowest BCUT2D eigenvalue weighted by Crippen LogP contribution is -2.32. The highest BCUT2D eigenvalue weighted by Crippen LogP contribution is 2.40. The maximum atomic E-state index is 12.1. The maximum Gasteiger partial charge on any atom is 0.230 e. The molecular weight excluding hydrogens is 338 g/mol. The molecule has 2 aromatic heterocycles. The summed E-state index contributed by atoms with van der Waals surface area (Å²) in [6.07, 6.45) is 8.06. The Hall–Kier alpha value is -1.93. The van der Waals surface area contributed by atoms with Crippen LogP contribution >= 0.6 is 11.8 Å². The minimum atomic E-state index is 0.0105. The molecule has 3 heterocycles. The molecule has 25 heavy (non-hydrogen) atoms. The largest absolute Gasteiger partial charge is 0.376 e. The average Bonchev–Trinajstić information content (AvgIpc) is 3.18. The highest BCUT2D eigenvalue weighted by atomic mass is 32.2. The van der Waals surface area contributed by atoms with Gasteiger partial charge < -0.3 is 10.1 Å². The van der Waals surface area contributed by atoms with E-state index < -0.39 is 0 Å². The Morgan fingerprint density at radius 1 is 1.28 bits per heavy atom. The lowest BCUT2D eigenvalue weighted by molar-refractivity contribution is -0.119. The van der Waals surface area contributed by atoms with Crippen LogP contribution in [0.4, 0.5) is 0 Å². The van der Waals surface area contributed by atoms with Gasteiger partial charge in [0.15, 0.2) is 11.0 Å². The zero-order valence-electron chi connectivity index (χ0n) is 13.9. The van der Waals surface area contributed by atoms with E-state index in [4.69, 9.17) is 4.74 Å². The van der Waals surface area contributed by atoms with Gasteiger partial charge in [-0.3, -0.25) is 14.3 Å². The number of pyridine rings is 1. The van der Waals surface area contributed by atoms with Crippen molar-refractivity contribution in [2.75, 3.05) is 18.9 Å². The fraction of sp³-hybridized carbons (Fsp3) is 0.529. The molecule has 0 spiro atoms.